The molecule has 2 rings (SSSR count). The first-order chi connectivity index (χ1) is 10.2. The number of rotatable bonds is 4. The summed E-state index contributed by atoms with van der Waals surface area (Å²) in [7, 11) is -4.99. The molecule has 0 aromatic heterocycles. The van der Waals surface area contributed by atoms with E-state index in [1.165, 1.54) is 6.07 Å². The zero-order valence-electron chi connectivity index (χ0n) is 11.8. The summed E-state index contributed by atoms with van der Waals surface area (Å²) in [5.41, 5.74) is 0.337. The van der Waals surface area contributed by atoms with E-state index in [9.17, 15) is 27.0 Å². The van der Waals surface area contributed by atoms with E-state index in [1.54, 1.807) is 6.07 Å². The first-order valence-corrected chi connectivity index (χ1v) is 8.81. The van der Waals surface area contributed by atoms with Gasteiger partial charge in [-0.2, -0.15) is 13.2 Å². The van der Waals surface area contributed by atoms with E-state index in [1.807, 2.05) is 0 Å². The minimum absolute atomic E-state index is 0.0296. The van der Waals surface area contributed by atoms with Crippen LogP contribution in [0.3, 0.4) is 0 Å². The summed E-state index contributed by atoms with van der Waals surface area (Å²) >= 11 is 0. The second-order valence-electron chi connectivity index (χ2n) is 5.50. The molecule has 1 aromatic rings. The van der Waals surface area contributed by atoms with E-state index in [-0.39, 0.29) is 5.92 Å². The highest BCUT2D eigenvalue weighted by molar-refractivity contribution is 7.53. The van der Waals surface area contributed by atoms with Gasteiger partial charge in [0.05, 0.1) is 0 Å². The van der Waals surface area contributed by atoms with Crippen molar-refractivity contribution in [3.63, 3.8) is 0 Å². The van der Waals surface area contributed by atoms with Gasteiger partial charge in [0, 0.05) is 0 Å². The second kappa shape index (κ2) is 6.59. The Labute approximate surface area is 125 Å². The van der Waals surface area contributed by atoms with Crippen LogP contribution in [0.1, 0.15) is 43.6 Å². The van der Waals surface area contributed by atoms with Crippen molar-refractivity contribution in [3.8, 4) is 5.75 Å². The van der Waals surface area contributed by atoms with Gasteiger partial charge in [-0.05, 0) is 30.4 Å². The first-order valence-electron chi connectivity index (χ1n) is 7.04. The third-order valence-electron chi connectivity index (χ3n) is 3.66. The van der Waals surface area contributed by atoms with Crippen LogP contribution in [0, 0.1) is 5.82 Å². The van der Waals surface area contributed by atoms with E-state index < -0.39 is 31.5 Å². The SMILES string of the molecule is O=P(O)(CC(F)(F)F)Oc1cccc(C2CCCCC2)c1F. The van der Waals surface area contributed by atoms with E-state index in [2.05, 4.69) is 4.52 Å². The molecule has 0 heterocycles. The van der Waals surface area contributed by atoms with E-state index >= 15 is 0 Å². The molecule has 0 amide bonds. The molecule has 8 heteroatoms. The van der Waals surface area contributed by atoms with E-state index in [0.717, 1.165) is 38.2 Å². The molecule has 0 radical (unpaired) electrons. The molecular formula is C14H17F4O3P. The second-order valence-corrected chi connectivity index (χ2v) is 7.27. The van der Waals surface area contributed by atoms with E-state index in [0.29, 0.717) is 5.56 Å². The molecule has 0 spiro atoms. The van der Waals surface area contributed by atoms with Crippen LogP contribution in [-0.2, 0) is 4.57 Å². The van der Waals surface area contributed by atoms with Crippen LogP contribution in [0.15, 0.2) is 18.2 Å². The molecule has 1 aliphatic rings. The van der Waals surface area contributed by atoms with Crippen molar-refractivity contribution in [1.82, 2.24) is 0 Å². The number of benzene rings is 1. The van der Waals surface area contributed by atoms with Gasteiger partial charge in [0.1, 0.15) is 0 Å². The Kier molecular flexibility index (Phi) is 5.17. The lowest BCUT2D eigenvalue weighted by atomic mass is 9.84. The summed E-state index contributed by atoms with van der Waals surface area (Å²) in [5, 5.41) is 0. The smallest absolute Gasteiger partial charge is 0.401 e. The lowest BCUT2D eigenvalue weighted by molar-refractivity contribution is -0.109. The van der Waals surface area contributed by atoms with Crippen molar-refractivity contribution in [2.24, 2.45) is 0 Å². The van der Waals surface area contributed by atoms with Crippen LogP contribution in [0.2, 0.25) is 0 Å². The number of hydrogen-bond acceptors (Lipinski definition) is 2. The summed E-state index contributed by atoms with van der Waals surface area (Å²) < 4.78 is 67.0. The molecule has 3 nitrogen and oxygen atoms in total. The van der Waals surface area contributed by atoms with Crippen LogP contribution < -0.4 is 4.52 Å². The third kappa shape index (κ3) is 4.71. The monoisotopic (exact) mass is 340 g/mol. The van der Waals surface area contributed by atoms with Gasteiger partial charge >= 0.3 is 13.8 Å². The summed E-state index contributed by atoms with van der Waals surface area (Å²) in [6.07, 6.45) is -2.29. The quantitative estimate of drug-likeness (QED) is 0.620. The summed E-state index contributed by atoms with van der Waals surface area (Å²) in [6.45, 7) is 0. The molecule has 0 saturated heterocycles. The van der Waals surface area contributed by atoms with Crippen LogP contribution in [0.4, 0.5) is 17.6 Å². The van der Waals surface area contributed by atoms with Gasteiger partial charge in [0.2, 0.25) is 0 Å². The van der Waals surface area contributed by atoms with Crippen LogP contribution in [-0.4, -0.2) is 17.2 Å². The average Bonchev–Trinajstić information content (AvgIpc) is 2.39. The van der Waals surface area contributed by atoms with Crippen LogP contribution in [0.5, 0.6) is 5.75 Å². The van der Waals surface area contributed by atoms with E-state index in [4.69, 9.17) is 0 Å². The van der Waals surface area contributed by atoms with Crippen molar-refractivity contribution < 1.29 is 31.5 Å². The van der Waals surface area contributed by atoms with Crippen molar-refractivity contribution >= 4 is 7.60 Å². The fraction of sp³-hybridized carbons (Fsp3) is 0.571. The predicted molar refractivity (Wildman–Crippen MR) is 73.6 cm³/mol. The summed E-state index contributed by atoms with van der Waals surface area (Å²) in [4.78, 5) is 9.28. The number of hydrogen-bond donors (Lipinski definition) is 1. The highest BCUT2D eigenvalue weighted by Gasteiger charge is 2.40. The first kappa shape index (κ1) is 17.3. The molecule has 1 unspecified atom stereocenters. The van der Waals surface area contributed by atoms with Gasteiger partial charge in [-0.15, -0.1) is 0 Å². The molecule has 124 valence electrons. The Morgan fingerprint density at radius 2 is 1.86 bits per heavy atom. The minimum Gasteiger partial charge on any atom is -0.421 e. The zero-order valence-corrected chi connectivity index (χ0v) is 12.7. The molecule has 0 aliphatic heterocycles. The fourth-order valence-corrected chi connectivity index (χ4v) is 3.71. The van der Waals surface area contributed by atoms with Crippen molar-refractivity contribution in [1.29, 1.82) is 0 Å². The molecule has 1 aliphatic carbocycles. The Morgan fingerprint density at radius 1 is 1.23 bits per heavy atom. The van der Waals surface area contributed by atoms with Crippen LogP contribution >= 0.6 is 7.60 Å². The molecule has 1 fully saturated rings. The summed E-state index contributed by atoms with van der Waals surface area (Å²) in [6, 6.07) is 4.04. The number of halogens is 4. The predicted octanol–water partition coefficient (Wildman–Crippen LogP) is 5.00. The topological polar surface area (TPSA) is 46.5 Å². The Morgan fingerprint density at radius 3 is 2.45 bits per heavy atom. The molecule has 1 aromatic carbocycles. The molecule has 1 atom stereocenters. The van der Waals surface area contributed by atoms with Gasteiger partial charge in [-0.3, -0.25) is 0 Å². The number of alkyl halides is 3. The normalized spacial score (nSPS) is 19.7. The fourth-order valence-electron chi connectivity index (χ4n) is 2.74. The molecule has 1 saturated carbocycles. The largest absolute Gasteiger partial charge is 0.421 e. The third-order valence-corrected chi connectivity index (χ3v) is 4.90. The standard InChI is InChI=1S/C14H17F4O3P/c15-13-11(10-5-2-1-3-6-10)7-4-8-12(13)21-22(19,20)9-14(16,17)18/h4,7-8,10H,1-3,5-6,9H2,(H,19,20). The Bertz CT molecular complexity index is 568. The lowest BCUT2D eigenvalue weighted by Crippen LogP contribution is -2.17. The van der Waals surface area contributed by atoms with Gasteiger partial charge < -0.3 is 9.42 Å². The van der Waals surface area contributed by atoms with Gasteiger partial charge in [0.25, 0.3) is 0 Å². The zero-order chi connectivity index (χ0) is 16.4. The highest BCUT2D eigenvalue weighted by atomic mass is 31.2. The van der Waals surface area contributed by atoms with Crippen LogP contribution in [0.25, 0.3) is 0 Å². The Hall–Kier alpha value is -1.07. The van der Waals surface area contributed by atoms with Crippen molar-refractivity contribution in [3.05, 3.63) is 29.6 Å². The van der Waals surface area contributed by atoms with Gasteiger partial charge in [-0.1, -0.05) is 31.4 Å². The maximum atomic E-state index is 14.4. The summed E-state index contributed by atoms with van der Waals surface area (Å²) in [5.74, 6) is -1.47. The molecule has 0 bridgehead atoms. The molecule has 22 heavy (non-hydrogen) atoms. The molecule has 1 N–H and O–H groups in total. The van der Waals surface area contributed by atoms with Crippen molar-refractivity contribution in [2.45, 2.75) is 44.2 Å². The van der Waals surface area contributed by atoms with Gasteiger partial charge in [0.15, 0.2) is 17.7 Å². The Balaban J connectivity index is 2.20. The average molecular weight is 340 g/mol. The highest BCUT2D eigenvalue weighted by Crippen LogP contribution is 2.48. The minimum atomic E-state index is -4.99. The van der Waals surface area contributed by atoms with Crippen molar-refractivity contribution in [2.75, 3.05) is 6.16 Å². The molecular weight excluding hydrogens is 323 g/mol. The maximum Gasteiger partial charge on any atom is 0.401 e. The maximum absolute atomic E-state index is 14.4. The van der Waals surface area contributed by atoms with Gasteiger partial charge in [-0.25, -0.2) is 8.96 Å². The lowest BCUT2D eigenvalue weighted by Gasteiger charge is -2.23.